The monoisotopic (exact) mass is 356 g/mol. The molecule has 1 aromatic heterocycles. The van der Waals surface area contributed by atoms with Gasteiger partial charge in [0.25, 0.3) is 0 Å². The molecule has 0 bridgehead atoms. The van der Waals surface area contributed by atoms with E-state index in [9.17, 15) is 0 Å². The SMILES string of the molecule is COc1ccc(-c2nccn2CCC(C)N2CCN(C)CC2)c(C)c1C. The highest BCUT2D eigenvalue weighted by Crippen LogP contribution is 2.30. The highest BCUT2D eigenvalue weighted by Gasteiger charge is 2.19. The van der Waals surface area contributed by atoms with Crippen molar-refractivity contribution in [3.05, 3.63) is 35.7 Å². The molecule has 0 saturated carbocycles. The Morgan fingerprint density at radius 1 is 1.12 bits per heavy atom. The number of hydrogen-bond acceptors (Lipinski definition) is 4. The van der Waals surface area contributed by atoms with E-state index in [1.165, 1.54) is 42.9 Å². The maximum absolute atomic E-state index is 5.45. The number of ether oxygens (including phenoxy) is 1. The zero-order valence-corrected chi connectivity index (χ0v) is 16.8. The molecule has 26 heavy (non-hydrogen) atoms. The van der Waals surface area contributed by atoms with Gasteiger partial charge in [-0.2, -0.15) is 0 Å². The number of nitrogens with zero attached hydrogens (tertiary/aromatic N) is 4. The number of imidazole rings is 1. The standard InChI is InChI=1S/C21H32N4O/c1-16(24-14-12-23(4)13-15-24)8-10-25-11-9-22-21(25)19-6-7-20(26-5)18(3)17(19)2/h6-7,9,11,16H,8,10,12-15H2,1-5H3. The molecular formula is C21H32N4O. The van der Waals surface area contributed by atoms with Crippen LogP contribution in [0.3, 0.4) is 0 Å². The van der Waals surface area contributed by atoms with Crippen molar-refractivity contribution in [2.24, 2.45) is 0 Å². The van der Waals surface area contributed by atoms with Crippen LogP contribution in [0.1, 0.15) is 24.5 Å². The van der Waals surface area contributed by atoms with E-state index >= 15 is 0 Å². The van der Waals surface area contributed by atoms with E-state index in [1.807, 2.05) is 12.3 Å². The molecule has 0 N–H and O–H groups in total. The Bertz CT molecular complexity index is 732. The molecule has 5 heteroatoms. The fraction of sp³-hybridized carbons (Fsp3) is 0.571. The summed E-state index contributed by atoms with van der Waals surface area (Å²) < 4.78 is 7.74. The molecular weight excluding hydrogens is 324 g/mol. The lowest BCUT2D eigenvalue weighted by Gasteiger charge is -2.36. The van der Waals surface area contributed by atoms with Gasteiger partial charge in [-0.05, 0) is 57.5 Å². The van der Waals surface area contributed by atoms with E-state index in [4.69, 9.17) is 4.74 Å². The Labute approximate surface area is 157 Å². The minimum atomic E-state index is 0.595. The summed E-state index contributed by atoms with van der Waals surface area (Å²) in [4.78, 5) is 9.67. The van der Waals surface area contributed by atoms with Crippen LogP contribution >= 0.6 is 0 Å². The van der Waals surface area contributed by atoms with Gasteiger partial charge in [-0.1, -0.05) is 0 Å². The van der Waals surface area contributed by atoms with Crippen molar-refractivity contribution in [3.63, 3.8) is 0 Å². The van der Waals surface area contributed by atoms with Crippen molar-refractivity contribution in [1.82, 2.24) is 19.4 Å². The first-order valence-corrected chi connectivity index (χ1v) is 9.59. The molecule has 1 unspecified atom stereocenters. The van der Waals surface area contributed by atoms with Gasteiger partial charge >= 0.3 is 0 Å². The molecule has 1 aliphatic heterocycles. The largest absolute Gasteiger partial charge is 0.496 e. The highest BCUT2D eigenvalue weighted by atomic mass is 16.5. The van der Waals surface area contributed by atoms with Gasteiger partial charge in [-0.25, -0.2) is 4.98 Å². The average molecular weight is 357 g/mol. The lowest BCUT2D eigenvalue weighted by Crippen LogP contribution is -2.48. The first-order chi connectivity index (χ1) is 12.5. The zero-order chi connectivity index (χ0) is 18.7. The fourth-order valence-corrected chi connectivity index (χ4v) is 3.76. The van der Waals surface area contributed by atoms with Crippen molar-refractivity contribution >= 4 is 0 Å². The highest BCUT2D eigenvalue weighted by molar-refractivity contribution is 5.64. The van der Waals surface area contributed by atoms with Crippen molar-refractivity contribution in [2.75, 3.05) is 40.3 Å². The number of benzene rings is 1. The van der Waals surface area contributed by atoms with Gasteiger partial charge in [-0.15, -0.1) is 0 Å². The zero-order valence-electron chi connectivity index (χ0n) is 16.8. The summed E-state index contributed by atoms with van der Waals surface area (Å²) in [6, 6.07) is 4.77. The molecule has 0 amide bonds. The summed E-state index contributed by atoms with van der Waals surface area (Å²) in [7, 11) is 3.93. The quantitative estimate of drug-likeness (QED) is 0.796. The van der Waals surface area contributed by atoms with Crippen molar-refractivity contribution < 1.29 is 4.74 Å². The number of likely N-dealkylation sites (N-methyl/N-ethyl adjacent to an activating group) is 1. The van der Waals surface area contributed by atoms with Gasteiger partial charge in [0.05, 0.1) is 7.11 Å². The van der Waals surface area contributed by atoms with Crippen LogP contribution in [0.2, 0.25) is 0 Å². The Hall–Kier alpha value is -1.85. The average Bonchev–Trinajstić information content (AvgIpc) is 3.11. The second kappa shape index (κ2) is 8.23. The number of methoxy groups -OCH3 is 1. The van der Waals surface area contributed by atoms with E-state index < -0.39 is 0 Å². The van der Waals surface area contributed by atoms with Crippen LogP contribution in [0.5, 0.6) is 5.75 Å². The van der Waals surface area contributed by atoms with Crippen molar-refractivity contribution in [3.8, 4) is 17.1 Å². The number of aromatic nitrogens is 2. The van der Waals surface area contributed by atoms with Crippen molar-refractivity contribution in [2.45, 2.75) is 39.8 Å². The summed E-state index contributed by atoms with van der Waals surface area (Å²) in [5.74, 6) is 1.99. The van der Waals surface area contributed by atoms with Crippen LogP contribution in [0.4, 0.5) is 0 Å². The first kappa shape index (κ1) is 18.9. The summed E-state index contributed by atoms with van der Waals surface area (Å²) in [6.07, 6.45) is 5.15. The van der Waals surface area contributed by atoms with Crippen LogP contribution in [0.25, 0.3) is 11.4 Å². The molecule has 1 atom stereocenters. The molecule has 2 heterocycles. The lowest BCUT2D eigenvalue weighted by atomic mass is 10.0. The third kappa shape index (κ3) is 3.94. The van der Waals surface area contributed by atoms with Gasteiger partial charge in [-0.3, -0.25) is 4.90 Å². The Morgan fingerprint density at radius 3 is 2.54 bits per heavy atom. The Morgan fingerprint density at radius 2 is 1.85 bits per heavy atom. The van der Waals surface area contributed by atoms with Crippen LogP contribution in [-0.2, 0) is 6.54 Å². The molecule has 2 aromatic rings. The minimum absolute atomic E-state index is 0.595. The molecule has 1 fully saturated rings. The second-order valence-electron chi connectivity index (χ2n) is 7.49. The summed E-state index contributed by atoms with van der Waals surface area (Å²) in [6.45, 7) is 12.3. The van der Waals surface area contributed by atoms with Crippen molar-refractivity contribution in [1.29, 1.82) is 0 Å². The maximum Gasteiger partial charge on any atom is 0.140 e. The number of rotatable bonds is 6. The maximum atomic E-state index is 5.45. The van der Waals surface area contributed by atoms with E-state index in [0.29, 0.717) is 6.04 Å². The first-order valence-electron chi connectivity index (χ1n) is 9.59. The molecule has 1 saturated heterocycles. The van der Waals surface area contributed by atoms with E-state index in [0.717, 1.165) is 24.5 Å². The lowest BCUT2D eigenvalue weighted by molar-refractivity contribution is 0.112. The topological polar surface area (TPSA) is 33.5 Å². The summed E-state index contributed by atoms with van der Waals surface area (Å²) >= 11 is 0. The fourth-order valence-electron chi connectivity index (χ4n) is 3.76. The van der Waals surface area contributed by atoms with Gasteiger partial charge in [0.1, 0.15) is 11.6 Å². The molecule has 5 nitrogen and oxygen atoms in total. The summed E-state index contributed by atoms with van der Waals surface area (Å²) in [5, 5.41) is 0. The molecule has 0 spiro atoms. The third-order valence-electron chi connectivity index (χ3n) is 5.86. The Kier molecular flexibility index (Phi) is 5.99. The minimum Gasteiger partial charge on any atom is -0.496 e. The van der Waals surface area contributed by atoms with Gasteiger partial charge in [0.15, 0.2) is 0 Å². The Balaban J connectivity index is 1.70. The van der Waals surface area contributed by atoms with E-state index in [-0.39, 0.29) is 0 Å². The summed E-state index contributed by atoms with van der Waals surface area (Å²) in [5.41, 5.74) is 3.62. The van der Waals surface area contributed by atoms with Gasteiger partial charge < -0.3 is 14.2 Å². The van der Waals surface area contributed by atoms with Gasteiger partial charge in [0, 0.05) is 56.7 Å². The number of hydrogen-bond donors (Lipinski definition) is 0. The van der Waals surface area contributed by atoms with Crippen LogP contribution in [0, 0.1) is 13.8 Å². The van der Waals surface area contributed by atoms with E-state index in [1.54, 1.807) is 7.11 Å². The predicted octanol–water partition coefficient (Wildman–Crippen LogP) is 3.20. The van der Waals surface area contributed by atoms with E-state index in [2.05, 4.69) is 59.4 Å². The molecule has 1 aliphatic rings. The molecule has 1 aromatic carbocycles. The molecule has 0 aliphatic carbocycles. The van der Waals surface area contributed by atoms with Crippen LogP contribution < -0.4 is 4.74 Å². The van der Waals surface area contributed by atoms with Crippen LogP contribution in [-0.4, -0.2) is 65.7 Å². The molecule has 142 valence electrons. The predicted molar refractivity (Wildman–Crippen MR) is 107 cm³/mol. The molecule has 0 radical (unpaired) electrons. The normalized spacial score (nSPS) is 17.4. The number of aryl methyl sites for hydroxylation is 1. The molecule has 3 rings (SSSR count). The number of piperazine rings is 1. The third-order valence-corrected chi connectivity index (χ3v) is 5.86. The smallest absolute Gasteiger partial charge is 0.140 e. The second-order valence-corrected chi connectivity index (χ2v) is 7.49. The van der Waals surface area contributed by atoms with Crippen LogP contribution in [0.15, 0.2) is 24.5 Å². The van der Waals surface area contributed by atoms with Gasteiger partial charge in [0.2, 0.25) is 0 Å².